The van der Waals surface area contributed by atoms with Gasteiger partial charge in [-0.2, -0.15) is 0 Å². The number of rotatable bonds is 3. The van der Waals surface area contributed by atoms with E-state index >= 15 is 0 Å². The molecule has 0 saturated carbocycles. The van der Waals surface area contributed by atoms with E-state index in [1.54, 1.807) is 30.3 Å². The van der Waals surface area contributed by atoms with Crippen LogP contribution in [0.1, 0.15) is 11.6 Å². The van der Waals surface area contributed by atoms with Gasteiger partial charge in [-0.05, 0) is 5.56 Å². The quantitative estimate of drug-likeness (QED) is 0.691. The summed E-state index contributed by atoms with van der Waals surface area (Å²) in [7, 11) is 0. The van der Waals surface area contributed by atoms with Gasteiger partial charge in [-0.15, -0.1) is 12.4 Å². The smallest absolute Gasteiger partial charge is 0.334 e. The van der Waals surface area contributed by atoms with Crippen molar-refractivity contribution >= 4 is 18.4 Å². The number of aliphatic hydroxyl groups is 1. The maximum atomic E-state index is 10.4. The molecule has 0 bridgehead atoms. The van der Waals surface area contributed by atoms with Gasteiger partial charge in [0.1, 0.15) is 0 Å². The normalized spacial score (nSPS) is 13.9. The maximum Gasteiger partial charge on any atom is 0.334 e. The number of nitrogens with two attached hydrogens (primary N) is 1. The Labute approximate surface area is 87.8 Å². The molecule has 2 unspecified atom stereocenters. The zero-order valence-corrected chi connectivity index (χ0v) is 8.15. The van der Waals surface area contributed by atoms with Gasteiger partial charge in [0.15, 0.2) is 6.10 Å². The van der Waals surface area contributed by atoms with Crippen LogP contribution >= 0.6 is 12.4 Å². The SMILES string of the molecule is Cl.NC(c1ccccc1)C(O)C(=O)O. The van der Waals surface area contributed by atoms with Gasteiger partial charge in [-0.25, -0.2) is 4.79 Å². The summed E-state index contributed by atoms with van der Waals surface area (Å²) < 4.78 is 0. The summed E-state index contributed by atoms with van der Waals surface area (Å²) in [5.41, 5.74) is 6.12. The summed E-state index contributed by atoms with van der Waals surface area (Å²) in [4.78, 5) is 10.4. The highest BCUT2D eigenvalue weighted by molar-refractivity contribution is 5.85. The van der Waals surface area contributed by atoms with E-state index in [2.05, 4.69) is 0 Å². The predicted octanol–water partition coefficient (Wildman–Crippen LogP) is 0.554. The van der Waals surface area contributed by atoms with Crippen molar-refractivity contribution in [2.45, 2.75) is 12.1 Å². The maximum absolute atomic E-state index is 10.4. The molecule has 0 radical (unpaired) electrons. The van der Waals surface area contributed by atoms with Gasteiger partial charge in [0.05, 0.1) is 6.04 Å². The molecule has 78 valence electrons. The highest BCUT2D eigenvalue weighted by atomic mass is 35.5. The Morgan fingerprint density at radius 1 is 1.29 bits per heavy atom. The van der Waals surface area contributed by atoms with E-state index in [0.717, 1.165) is 0 Å². The Kier molecular flexibility index (Phi) is 5.15. The standard InChI is InChI=1S/C9H11NO3.ClH/c10-7(8(11)9(12)13)6-4-2-1-3-5-6;/h1-5,7-8,11H,10H2,(H,12,13);1H. The highest BCUT2D eigenvalue weighted by Gasteiger charge is 2.22. The van der Waals surface area contributed by atoms with Gasteiger partial charge in [0.25, 0.3) is 0 Å². The van der Waals surface area contributed by atoms with Crippen LogP contribution in [0.25, 0.3) is 0 Å². The van der Waals surface area contributed by atoms with Gasteiger partial charge in [-0.1, -0.05) is 30.3 Å². The van der Waals surface area contributed by atoms with E-state index < -0.39 is 18.1 Å². The van der Waals surface area contributed by atoms with Crippen molar-refractivity contribution in [2.75, 3.05) is 0 Å². The number of aliphatic hydroxyl groups excluding tert-OH is 1. The minimum absolute atomic E-state index is 0. The number of halogens is 1. The summed E-state index contributed by atoms with van der Waals surface area (Å²) in [5.74, 6) is -1.31. The first-order valence-corrected chi connectivity index (χ1v) is 3.84. The molecule has 0 aliphatic carbocycles. The fraction of sp³-hybridized carbons (Fsp3) is 0.222. The Bertz CT molecular complexity index is 291. The van der Waals surface area contributed by atoms with Gasteiger partial charge in [-0.3, -0.25) is 0 Å². The Morgan fingerprint density at radius 3 is 2.21 bits per heavy atom. The molecule has 0 heterocycles. The van der Waals surface area contributed by atoms with Gasteiger partial charge >= 0.3 is 5.97 Å². The van der Waals surface area contributed by atoms with Crippen LogP contribution in [-0.2, 0) is 4.79 Å². The van der Waals surface area contributed by atoms with Crippen LogP contribution in [0.5, 0.6) is 0 Å². The number of carbonyl (C=O) groups is 1. The van der Waals surface area contributed by atoms with Gasteiger partial charge < -0.3 is 15.9 Å². The minimum Gasteiger partial charge on any atom is -0.479 e. The lowest BCUT2D eigenvalue weighted by molar-refractivity contribution is -0.147. The molecule has 0 saturated heterocycles. The number of carboxylic acid groups (broad SMARTS) is 1. The fourth-order valence-corrected chi connectivity index (χ4v) is 1.01. The predicted molar refractivity (Wildman–Crippen MR) is 54.3 cm³/mol. The zero-order valence-electron chi connectivity index (χ0n) is 7.33. The first-order chi connectivity index (χ1) is 6.13. The average molecular weight is 218 g/mol. The average Bonchev–Trinajstić information content (AvgIpc) is 2.17. The van der Waals surface area contributed by atoms with Crippen LogP contribution in [0.15, 0.2) is 30.3 Å². The minimum atomic E-state index is -1.55. The largest absolute Gasteiger partial charge is 0.479 e. The van der Waals surface area contributed by atoms with E-state index in [-0.39, 0.29) is 12.4 Å². The van der Waals surface area contributed by atoms with Crippen LogP contribution in [0.3, 0.4) is 0 Å². The van der Waals surface area contributed by atoms with Crippen molar-refractivity contribution in [1.29, 1.82) is 0 Å². The van der Waals surface area contributed by atoms with Crippen molar-refractivity contribution in [1.82, 2.24) is 0 Å². The lowest BCUT2D eigenvalue weighted by Gasteiger charge is -2.14. The van der Waals surface area contributed by atoms with Crippen molar-refractivity contribution in [3.8, 4) is 0 Å². The third-order valence-corrected chi connectivity index (χ3v) is 1.78. The molecule has 14 heavy (non-hydrogen) atoms. The van der Waals surface area contributed by atoms with Crippen LogP contribution in [0, 0.1) is 0 Å². The number of hydrogen-bond donors (Lipinski definition) is 3. The van der Waals surface area contributed by atoms with E-state index in [9.17, 15) is 4.79 Å². The topological polar surface area (TPSA) is 83.5 Å². The second-order valence-corrected chi connectivity index (χ2v) is 2.72. The summed E-state index contributed by atoms with van der Waals surface area (Å²) in [6.07, 6.45) is -1.55. The Balaban J connectivity index is 0.00000169. The van der Waals surface area contributed by atoms with Crippen molar-refractivity contribution < 1.29 is 15.0 Å². The molecule has 0 aliphatic rings. The number of benzene rings is 1. The summed E-state index contributed by atoms with van der Waals surface area (Å²) in [5, 5.41) is 17.6. The first kappa shape index (κ1) is 12.9. The molecule has 1 aromatic carbocycles. The lowest BCUT2D eigenvalue weighted by Crippen LogP contribution is -2.33. The third-order valence-electron chi connectivity index (χ3n) is 1.78. The molecule has 0 fully saturated rings. The van der Waals surface area contributed by atoms with Gasteiger partial charge in [0.2, 0.25) is 0 Å². The summed E-state index contributed by atoms with van der Waals surface area (Å²) >= 11 is 0. The second-order valence-electron chi connectivity index (χ2n) is 2.72. The first-order valence-electron chi connectivity index (χ1n) is 3.84. The number of carboxylic acids is 1. The van der Waals surface area contributed by atoms with Crippen molar-refractivity contribution in [3.05, 3.63) is 35.9 Å². The van der Waals surface area contributed by atoms with Gasteiger partial charge in [0, 0.05) is 0 Å². The Morgan fingerprint density at radius 2 is 1.79 bits per heavy atom. The fourth-order valence-electron chi connectivity index (χ4n) is 1.01. The van der Waals surface area contributed by atoms with Crippen LogP contribution in [0.4, 0.5) is 0 Å². The summed E-state index contributed by atoms with van der Waals surface area (Å²) in [6, 6.07) is 7.75. The molecule has 1 rings (SSSR count). The molecular weight excluding hydrogens is 206 g/mol. The van der Waals surface area contributed by atoms with Crippen molar-refractivity contribution in [2.24, 2.45) is 5.73 Å². The Hall–Kier alpha value is -1.10. The lowest BCUT2D eigenvalue weighted by atomic mass is 10.0. The molecular formula is C9H12ClNO3. The van der Waals surface area contributed by atoms with Crippen LogP contribution in [-0.4, -0.2) is 22.3 Å². The zero-order chi connectivity index (χ0) is 9.84. The molecule has 0 spiro atoms. The van der Waals surface area contributed by atoms with E-state index in [1.807, 2.05) is 0 Å². The molecule has 2 atom stereocenters. The summed E-state index contributed by atoms with van der Waals surface area (Å²) in [6.45, 7) is 0. The van der Waals surface area contributed by atoms with E-state index in [0.29, 0.717) is 5.56 Å². The van der Waals surface area contributed by atoms with Crippen molar-refractivity contribution in [3.63, 3.8) is 0 Å². The number of aliphatic carboxylic acids is 1. The monoisotopic (exact) mass is 217 g/mol. The second kappa shape index (κ2) is 5.59. The molecule has 4 nitrogen and oxygen atoms in total. The highest BCUT2D eigenvalue weighted by Crippen LogP contribution is 2.13. The van der Waals surface area contributed by atoms with E-state index in [4.69, 9.17) is 15.9 Å². The molecule has 5 heteroatoms. The molecule has 0 aromatic heterocycles. The van der Waals surface area contributed by atoms with Crippen LogP contribution in [0.2, 0.25) is 0 Å². The molecule has 1 aromatic rings. The van der Waals surface area contributed by atoms with Crippen LogP contribution < -0.4 is 5.73 Å². The number of hydrogen-bond acceptors (Lipinski definition) is 3. The molecule has 0 aliphatic heterocycles. The van der Waals surface area contributed by atoms with E-state index in [1.165, 1.54) is 0 Å². The molecule has 4 N–H and O–H groups in total. The third kappa shape index (κ3) is 2.99. The molecule has 0 amide bonds.